The molecule has 20 heavy (non-hydrogen) atoms. The van der Waals surface area contributed by atoms with Crippen molar-refractivity contribution in [3.8, 4) is 11.1 Å². The lowest BCUT2D eigenvalue weighted by Crippen LogP contribution is -2.10. The molecule has 3 N–H and O–H groups in total. The third-order valence-corrected chi connectivity index (χ3v) is 5.24. The average molecular weight is 267 g/mol. The summed E-state index contributed by atoms with van der Waals surface area (Å²) in [5.41, 5.74) is 11.0. The maximum absolute atomic E-state index is 6.15. The molecule has 1 aromatic heterocycles. The fraction of sp³-hybridized carbons (Fsp3) is 0.471. The molecule has 0 amide bonds. The molecule has 3 atom stereocenters. The minimum Gasteiger partial charge on any atom is -0.382 e. The van der Waals surface area contributed by atoms with Crippen LogP contribution < -0.4 is 5.73 Å². The summed E-state index contributed by atoms with van der Waals surface area (Å²) in [6.45, 7) is 2.12. The van der Waals surface area contributed by atoms with Crippen LogP contribution in [0.15, 0.2) is 24.3 Å². The van der Waals surface area contributed by atoms with Crippen LogP contribution in [0.3, 0.4) is 0 Å². The van der Waals surface area contributed by atoms with Gasteiger partial charge in [-0.25, -0.2) is 0 Å². The van der Waals surface area contributed by atoms with Gasteiger partial charge in [0.1, 0.15) is 0 Å². The minimum atomic E-state index is 0.633. The first-order valence-electron chi connectivity index (χ1n) is 7.63. The van der Waals surface area contributed by atoms with Crippen molar-refractivity contribution in [1.82, 2.24) is 10.2 Å². The van der Waals surface area contributed by atoms with Crippen molar-refractivity contribution in [2.24, 2.45) is 11.8 Å². The second kappa shape index (κ2) is 4.37. The molecule has 0 radical (unpaired) electrons. The maximum Gasteiger partial charge on any atom is 0.153 e. The lowest BCUT2D eigenvalue weighted by Gasteiger charge is -2.21. The Kier molecular flexibility index (Phi) is 2.62. The third kappa shape index (κ3) is 1.76. The van der Waals surface area contributed by atoms with E-state index in [2.05, 4.69) is 41.4 Å². The van der Waals surface area contributed by atoms with E-state index in [4.69, 9.17) is 5.73 Å². The van der Waals surface area contributed by atoms with Crippen LogP contribution in [0, 0.1) is 18.8 Å². The lowest BCUT2D eigenvalue weighted by atomic mass is 9.83. The molecule has 1 heterocycles. The fourth-order valence-corrected chi connectivity index (χ4v) is 4.34. The summed E-state index contributed by atoms with van der Waals surface area (Å²) in [5.74, 6) is 3.05. The summed E-state index contributed by atoms with van der Waals surface area (Å²) in [7, 11) is 0. The summed E-state index contributed by atoms with van der Waals surface area (Å²) in [6.07, 6.45) is 5.51. The Morgan fingerprint density at radius 2 is 2.15 bits per heavy atom. The number of benzene rings is 1. The van der Waals surface area contributed by atoms with Gasteiger partial charge in [-0.3, -0.25) is 5.10 Å². The number of nitrogens with zero attached hydrogens (tertiary/aromatic N) is 1. The van der Waals surface area contributed by atoms with Gasteiger partial charge in [-0.2, -0.15) is 5.10 Å². The van der Waals surface area contributed by atoms with E-state index in [0.29, 0.717) is 11.7 Å². The number of H-pyrrole nitrogens is 1. The van der Waals surface area contributed by atoms with Gasteiger partial charge in [0, 0.05) is 17.2 Å². The molecule has 2 fully saturated rings. The number of aromatic nitrogens is 2. The lowest BCUT2D eigenvalue weighted by molar-refractivity contribution is 0.413. The van der Waals surface area contributed by atoms with Crippen LogP contribution in [0.1, 0.15) is 42.9 Å². The molecule has 2 aliphatic rings. The Balaban J connectivity index is 1.78. The average Bonchev–Trinajstić information content (AvgIpc) is 3.12. The Morgan fingerprint density at radius 3 is 2.85 bits per heavy atom. The molecule has 3 nitrogen and oxygen atoms in total. The molecule has 1 aromatic carbocycles. The SMILES string of the molecule is Cc1cccc(-c2c(N)n[nH]c2C2CC3CCC2C3)c1. The maximum atomic E-state index is 6.15. The first-order chi connectivity index (χ1) is 9.72. The van der Waals surface area contributed by atoms with E-state index in [1.54, 1.807) is 0 Å². The molecule has 4 rings (SSSR count). The molecule has 2 aliphatic carbocycles. The molecule has 0 spiro atoms. The molecule has 2 bridgehead atoms. The van der Waals surface area contributed by atoms with Gasteiger partial charge in [-0.1, -0.05) is 36.2 Å². The number of nitrogens with two attached hydrogens (primary N) is 1. The number of hydrogen-bond donors (Lipinski definition) is 2. The summed E-state index contributed by atoms with van der Waals surface area (Å²) in [5, 5.41) is 7.55. The number of fused-ring (bicyclic) bond motifs is 2. The Bertz CT molecular complexity index is 643. The van der Waals surface area contributed by atoms with E-state index in [0.717, 1.165) is 17.4 Å². The predicted molar refractivity (Wildman–Crippen MR) is 81.4 cm³/mol. The van der Waals surface area contributed by atoms with Crippen molar-refractivity contribution in [2.45, 2.75) is 38.5 Å². The fourth-order valence-electron chi connectivity index (χ4n) is 4.34. The van der Waals surface area contributed by atoms with E-state index < -0.39 is 0 Å². The first kappa shape index (κ1) is 12.0. The van der Waals surface area contributed by atoms with Gasteiger partial charge in [-0.15, -0.1) is 0 Å². The molecular weight excluding hydrogens is 246 g/mol. The first-order valence-corrected chi connectivity index (χ1v) is 7.63. The second-order valence-corrected chi connectivity index (χ2v) is 6.55. The molecule has 2 saturated carbocycles. The van der Waals surface area contributed by atoms with Gasteiger partial charge >= 0.3 is 0 Å². The molecule has 0 saturated heterocycles. The van der Waals surface area contributed by atoms with Gasteiger partial charge in [0.05, 0.1) is 0 Å². The van der Waals surface area contributed by atoms with Crippen LogP contribution in [-0.2, 0) is 0 Å². The second-order valence-electron chi connectivity index (χ2n) is 6.55. The highest BCUT2D eigenvalue weighted by molar-refractivity contribution is 5.77. The normalized spacial score (nSPS) is 28.1. The molecule has 2 aromatic rings. The Hall–Kier alpha value is -1.77. The molecule has 104 valence electrons. The number of rotatable bonds is 2. The number of anilines is 1. The molecule has 3 heteroatoms. The Morgan fingerprint density at radius 1 is 1.25 bits per heavy atom. The van der Waals surface area contributed by atoms with E-state index in [1.807, 2.05) is 0 Å². The largest absolute Gasteiger partial charge is 0.382 e. The summed E-state index contributed by atoms with van der Waals surface area (Å²) >= 11 is 0. The van der Waals surface area contributed by atoms with Gasteiger partial charge in [-0.05, 0) is 43.6 Å². The monoisotopic (exact) mass is 267 g/mol. The minimum absolute atomic E-state index is 0.633. The third-order valence-electron chi connectivity index (χ3n) is 5.24. The zero-order valence-corrected chi connectivity index (χ0v) is 11.9. The number of nitrogen functional groups attached to an aromatic ring is 1. The number of hydrogen-bond acceptors (Lipinski definition) is 2. The highest BCUT2D eigenvalue weighted by Gasteiger charge is 2.42. The van der Waals surface area contributed by atoms with Crippen molar-refractivity contribution in [2.75, 3.05) is 5.73 Å². The summed E-state index contributed by atoms with van der Waals surface area (Å²) < 4.78 is 0. The van der Waals surface area contributed by atoms with Crippen molar-refractivity contribution in [3.05, 3.63) is 35.5 Å². The topological polar surface area (TPSA) is 54.7 Å². The molecule has 0 aliphatic heterocycles. The van der Waals surface area contributed by atoms with Crippen LogP contribution in [-0.4, -0.2) is 10.2 Å². The van der Waals surface area contributed by atoms with Crippen LogP contribution in [0.25, 0.3) is 11.1 Å². The van der Waals surface area contributed by atoms with Crippen LogP contribution in [0.2, 0.25) is 0 Å². The molecular formula is C17H21N3. The zero-order valence-electron chi connectivity index (χ0n) is 11.9. The number of aryl methyl sites for hydroxylation is 1. The van der Waals surface area contributed by atoms with Crippen molar-refractivity contribution < 1.29 is 0 Å². The number of nitrogens with one attached hydrogen (secondary N) is 1. The smallest absolute Gasteiger partial charge is 0.153 e. The van der Waals surface area contributed by atoms with Gasteiger partial charge in [0.2, 0.25) is 0 Å². The quantitative estimate of drug-likeness (QED) is 0.867. The number of aromatic amines is 1. The Labute approximate surface area is 119 Å². The van der Waals surface area contributed by atoms with Crippen molar-refractivity contribution in [1.29, 1.82) is 0 Å². The predicted octanol–water partition coefficient (Wildman–Crippen LogP) is 3.87. The van der Waals surface area contributed by atoms with E-state index in [9.17, 15) is 0 Å². The van der Waals surface area contributed by atoms with E-state index >= 15 is 0 Å². The molecule has 3 unspecified atom stereocenters. The van der Waals surface area contributed by atoms with E-state index in [-0.39, 0.29) is 0 Å². The summed E-state index contributed by atoms with van der Waals surface area (Å²) in [6, 6.07) is 8.57. The van der Waals surface area contributed by atoms with Crippen molar-refractivity contribution in [3.63, 3.8) is 0 Å². The van der Waals surface area contributed by atoms with E-state index in [1.165, 1.54) is 42.5 Å². The van der Waals surface area contributed by atoms with Crippen LogP contribution >= 0.6 is 0 Å². The zero-order chi connectivity index (χ0) is 13.7. The standard InChI is InChI=1S/C17H21N3/c1-10-3-2-4-13(7-10)15-16(19-20-17(15)18)14-9-11-5-6-12(14)8-11/h2-4,7,11-12,14H,5-6,8-9H2,1H3,(H3,18,19,20). The summed E-state index contributed by atoms with van der Waals surface area (Å²) in [4.78, 5) is 0. The highest BCUT2D eigenvalue weighted by atomic mass is 15.2. The van der Waals surface area contributed by atoms with Crippen LogP contribution in [0.4, 0.5) is 5.82 Å². The van der Waals surface area contributed by atoms with Gasteiger partial charge < -0.3 is 5.73 Å². The van der Waals surface area contributed by atoms with Crippen LogP contribution in [0.5, 0.6) is 0 Å². The van der Waals surface area contributed by atoms with Gasteiger partial charge in [0.15, 0.2) is 5.82 Å². The highest BCUT2D eigenvalue weighted by Crippen LogP contribution is 2.54. The van der Waals surface area contributed by atoms with Crippen molar-refractivity contribution >= 4 is 5.82 Å². The van der Waals surface area contributed by atoms with Gasteiger partial charge in [0.25, 0.3) is 0 Å².